The van der Waals surface area contributed by atoms with E-state index in [1.807, 2.05) is 24.3 Å². The molecule has 0 atom stereocenters. The highest BCUT2D eigenvalue weighted by Gasteiger charge is 2.13. The molecule has 0 aliphatic carbocycles. The first-order valence-corrected chi connectivity index (χ1v) is 8.11. The fourth-order valence-corrected chi connectivity index (χ4v) is 2.46. The Bertz CT molecular complexity index is 969. The minimum atomic E-state index is 0.0789. The van der Waals surface area contributed by atoms with E-state index in [1.165, 1.54) is 6.33 Å². The topological polar surface area (TPSA) is 74.7 Å². The summed E-state index contributed by atoms with van der Waals surface area (Å²) in [6.45, 7) is 0.166. The number of ether oxygens (including phenoxy) is 4. The van der Waals surface area contributed by atoms with Gasteiger partial charge in [-0.15, -0.1) is 6.42 Å². The second kappa shape index (κ2) is 8.85. The van der Waals surface area contributed by atoms with Crippen LogP contribution in [0.1, 0.15) is 5.56 Å². The molecule has 3 aromatic rings. The van der Waals surface area contributed by atoms with Crippen molar-refractivity contribution in [3.05, 3.63) is 48.3 Å². The summed E-state index contributed by atoms with van der Waals surface area (Å²) in [5.41, 5.74) is 2.29. The summed E-state index contributed by atoms with van der Waals surface area (Å²) in [5, 5.41) is 4.03. The Labute approximate surface area is 157 Å². The molecule has 3 rings (SSSR count). The number of hydrogen-bond donors (Lipinski definition) is 1. The highest BCUT2D eigenvalue weighted by molar-refractivity contribution is 5.93. The summed E-state index contributed by atoms with van der Waals surface area (Å²) >= 11 is 0. The molecule has 0 saturated carbocycles. The van der Waals surface area contributed by atoms with Crippen LogP contribution < -0.4 is 14.8 Å². The lowest BCUT2D eigenvalue weighted by molar-refractivity contribution is 0.0324. The van der Waals surface area contributed by atoms with Crippen molar-refractivity contribution < 1.29 is 18.9 Å². The number of nitrogens with one attached hydrogen (secondary N) is 1. The van der Waals surface area contributed by atoms with E-state index in [1.54, 1.807) is 26.4 Å². The third kappa shape index (κ3) is 4.44. The lowest BCUT2D eigenvalue weighted by Crippen LogP contribution is -2.05. The number of aromatic nitrogens is 2. The summed E-state index contributed by atoms with van der Waals surface area (Å²) in [7, 11) is 3.09. The van der Waals surface area contributed by atoms with Gasteiger partial charge in [-0.1, -0.05) is 12.0 Å². The number of fused-ring (bicyclic) bond motifs is 1. The zero-order valence-electron chi connectivity index (χ0n) is 15.1. The summed E-state index contributed by atoms with van der Waals surface area (Å²) in [5.74, 6) is 4.23. The Balaban J connectivity index is 2.01. The van der Waals surface area contributed by atoms with E-state index in [0.717, 1.165) is 16.6 Å². The van der Waals surface area contributed by atoms with Gasteiger partial charge >= 0.3 is 0 Å². The summed E-state index contributed by atoms with van der Waals surface area (Å²) in [6, 6.07) is 11.1. The fraction of sp³-hybridized carbons (Fsp3) is 0.200. The number of anilines is 2. The smallest absolute Gasteiger partial charge is 0.188 e. The molecule has 0 amide bonds. The molecule has 1 N–H and O–H groups in total. The standard InChI is InChI=1S/C20H19N3O4/c1-4-14-6-5-7-15(8-14)23-20-16-9-18(26-12-24-2)19(27-13-25-3)10-17(16)21-11-22-20/h1,5-11H,12-13H2,2-3H3,(H,21,22,23). The van der Waals surface area contributed by atoms with Gasteiger partial charge in [0.1, 0.15) is 12.1 Å². The van der Waals surface area contributed by atoms with E-state index in [0.29, 0.717) is 22.8 Å². The summed E-state index contributed by atoms with van der Waals surface area (Å²) < 4.78 is 21.2. The van der Waals surface area contributed by atoms with Crippen LogP contribution in [-0.4, -0.2) is 37.8 Å². The van der Waals surface area contributed by atoms with Crippen molar-refractivity contribution in [2.75, 3.05) is 33.1 Å². The number of hydrogen-bond acceptors (Lipinski definition) is 7. The quantitative estimate of drug-likeness (QED) is 0.485. The van der Waals surface area contributed by atoms with Gasteiger partial charge in [-0.2, -0.15) is 0 Å². The normalized spacial score (nSPS) is 10.4. The van der Waals surface area contributed by atoms with Gasteiger partial charge < -0.3 is 24.3 Å². The maximum Gasteiger partial charge on any atom is 0.188 e. The summed E-state index contributed by atoms with van der Waals surface area (Å²) in [4.78, 5) is 8.66. The Morgan fingerprint density at radius 1 is 1.00 bits per heavy atom. The van der Waals surface area contributed by atoms with E-state index < -0.39 is 0 Å². The molecule has 0 fully saturated rings. The minimum Gasteiger partial charge on any atom is -0.464 e. The van der Waals surface area contributed by atoms with Crippen molar-refractivity contribution in [2.45, 2.75) is 0 Å². The van der Waals surface area contributed by atoms with Gasteiger partial charge in [-0.3, -0.25) is 0 Å². The molecule has 0 unspecified atom stereocenters. The summed E-state index contributed by atoms with van der Waals surface area (Å²) in [6.07, 6.45) is 6.95. The zero-order chi connectivity index (χ0) is 19.1. The average Bonchev–Trinajstić information content (AvgIpc) is 2.71. The van der Waals surface area contributed by atoms with Crippen LogP contribution in [0.3, 0.4) is 0 Å². The van der Waals surface area contributed by atoms with Gasteiger partial charge in [-0.25, -0.2) is 9.97 Å². The fourth-order valence-electron chi connectivity index (χ4n) is 2.46. The molecule has 0 aliphatic heterocycles. The molecule has 0 aliphatic rings. The van der Waals surface area contributed by atoms with E-state index in [9.17, 15) is 0 Å². The van der Waals surface area contributed by atoms with Crippen LogP contribution in [0.2, 0.25) is 0 Å². The number of benzene rings is 2. The number of nitrogens with zero attached hydrogens (tertiary/aromatic N) is 2. The molecule has 0 bridgehead atoms. The number of terminal acetylenes is 1. The second-order valence-corrected chi connectivity index (χ2v) is 5.49. The van der Waals surface area contributed by atoms with Gasteiger partial charge in [-0.05, 0) is 24.3 Å². The monoisotopic (exact) mass is 365 g/mol. The predicted octanol–water partition coefficient (Wildman–Crippen LogP) is 3.32. The van der Waals surface area contributed by atoms with Crippen LogP contribution >= 0.6 is 0 Å². The van der Waals surface area contributed by atoms with Crippen molar-refractivity contribution in [2.24, 2.45) is 0 Å². The zero-order valence-corrected chi connectivity index (χ0v) is 15.1. The Kier molecular flexibility index (Phi) is 6.05. The van der Waals surface area contributed by atoms with Crippen LogP contribution in [0.25, 0.3) is 10.9 Å². The van der Waals surface area contributed by atoms with E-state index >= 15 is 0 Å². The highest BCUT2D eigenvalue weighted by Crippen LogP contribution is 2.35. The van der Waals surface area contributed by atoms with Crippen LogP contribution in [0.4, 0.5) is 11.5 Å². The van der Waals surface area contributed by atoms with Crippen molar-refractivity contribution in [3.63, 3.8) is 0 Å². The van der Waals surface area contributed by atoms with E-state index in [2.05, 4.69) is 21.2 Å². The van der Waals surface area contributed by atoms with Gasteiger partial charge in [0, 0.05) is 36.9 Å². The van der Waals surface area contributed by atoms with Crippen molar-refractivity contribution >= 4 is 22.4 Å². The Hall–Kier alpha value is -3.34. The molecule has 1 heterocycles. The third-order valence-corrected chi connectivity index (χ3v) is 3.66. The largest absolute Gasteiger partial charge is 0.464 e. The van der Waals surface area contributed by atoms with Crippen molar-refractivity contribution in [1.29, 1.82) is 0 Å². The SMILES string of the molecule is C#Cc1cccc(Nc2ncnc3cc(OCOC)c(OCOC)cc23)c1. The predicted molar refractivity (Wildman–Crippen MR) is 102 cm³/mol. The molecule has 1 aromatic heterocycles. The van der Waals surface area contributed by atoms with E-state index in [-0.39, 0.29) is 13.6 Å². The van der Waals surface area contributed by atoms with Gasteiger partial charge in [0.15, 0.2) is 25.1 Å². The second-order valence-electron chi connectivity index (χ2n) is 5.49. The van der Waals surface area contributed by atoms with Crippen LogP contribution in [-0.2, 0) is 9.47 Å². The number of rotatable bonds is 8. The first kappa shape index (κ1) is 18.5. The maximum absolute atomic E-state index is 5.62. The molecule has 7 nitrogen and oxygen atoms in total. The van der Waals surface area contributed by atoms with Gasteiger partial charge in [0.2, 0.25) is 0 Å². The molecule has 0 saturated heterocycles. The van der Waals surface area contributed by atoms with Crippen LogP contribution in [0, 0.1) is 12.3 Å². The van der Waals surface area contributed by atoms with E-state index in [4.69, 9.17) is 25.4 Å². The van der Waals surface area contributed by atoms with Crippen LogP contribution in [0.5, 0.6) is 11.5 Å². The Morgan fingerprint density at radius 2 is 1.74 bits per heavy atom. The molecule has 0 spiro atoms. The van der Waals surface area contributed by atoms with Gasteiger partial charge in [0.05, 0.1) is 5.52 Å². The van der Waals surface area contributed by atoms with Crippen molar-refractivity contribution in [1.82, 2.24) is 9.97 Å². The average molecular weight is 365 g/mol. The lowest BCUT2D eigenvalue weighted by Gasteiger charge is -2.14. The molecule has 0 radical (unpaired) electrons. The Morgan fingerprint density at radius 3 is 2.44 bits per heavy atom. The first-order chi connectivity index (χ1) is 13.2. The minimum absolute atomic E-state index is 0.0789. The van der Waals surface area contributed by atoms with Crippen LogP contribution in [0.15, 0.2) is 42.7 Å². The molecule has 2 aromatic carbocycles. The molecule has 7 heteroatoms. The lowest BCUT2D eigenvalue weighted by atomic mass is 10.2. The third-order valence-electron chi connectivity index (χ3n) is 3.66. The van der Waals surface area contributed by atoms with Crippen molar-refractivity contribution in [3.8, 4) is 23.8 Å². The maximum atomic E-state index is 5.62. The molecular weight excluding hydrogens is 346 g/mol. The molecule has 27 heavy (non-hydrogen) atoms. The molecular formula is C20H19N3O4. The van der Waals surface area contributed by atoms with Gasteiger partial charge in [0.25, 0.3) is 0 Å². The first-order valence-electron chi connectivity index (χ1n) is 8.11. The molecule has 138 valence electrons. The number of methoxy groups -OCH3 is 2. The highest BCUT2D eigenvalue weighted by atomic mass is 16.7.